The van der Waals surface area contributed by atoms with Crippen molar-refractivity contribution in [3.63, 3.8) is 0 Å². The third-order valence-corrected chi connectivity index (χ3v) is 5.38. The Labute approximate surface area is 195 Å². The summed E-state index contributed by atoms with van der Waals surface area (Å²) in [6.07, 6.45) is 2.13. The molecular formula is C24H23FN4O5. The van der Waals surface area contributed by atoms with Crippen molar-refractivity contribution in [2.45, 2.75) is 19.1 Å². The summed E-state index contributed by atoms with van der Waals surface area (Å²) in [5.74, 6) is -1.55. The molecule has 1 aliphatic heterocycles. The van der Waals surface area contributed by atoms with E-state index in [0.29, 0.717) is 18.1 Å². The molecule has 2 aromatic carbocycles. The van der Waals surface area contributed by atoms with Crippen LogP contribution in [-0.4, -0.2) is 53.3 Å². The van der Waals surface area contributed by atoms with Gasteiger partial charge in [0.15, 0.2) is 6.04 Å². The Hall–Kier alpha value is -4.05. The van der Waals surface area contributed by atoms with Crippen LogP contribution in [0, 0.1) is 5.82 Å². The van der Waals surface area contributed by atoms with E-state index in [4.69, 9.17) is 4.74 Å². The van der Waals surface area contributed by atoms with Crippen molar-refractivity contribution in [3.05, 3.63) is 77.2 Å². The van der Waals surface area contributed by atoms with E-state index in [0.717, 1.165) is 24.8 Å². The van der Waals surface area contributed by atoms with Crippen molar-refractivity contribution >= 4 is 23.5 Å². The normalized spacial score (nSPS) is 13.2. The highest BCUT2D eigenvalue weighted by atomic mass is 19.1. The number of fused-ring (bicyclic) bond motifs is 1. The number of carbonyl (C=O) groups excluding carboxylic acids is 2. The number of halogens is 1. The zero-order chi connectivity index (χ0) is 24.1. The molecule has 0 aliphatic carbocycles. The molecule has 4 rings (SSSR count). The van der Waals surface area contributed by atoms with Crippen LogP contribution in [0.4, 0.5) is 16.0 Å². The van der Waals surface area contributed by atoms with Crippen LogP contribution in [0.2, 0.25) is 0 Å². The summed E-state index contributed by atoms with van der Waals surface area (Å²) >= 11 is 0. The summed E-state index contributed by atoms with van der Waals surface area (Å²) in [7, 11) is 1.15. The van der Waals surface area contributed by atoms with Gasteiger partial charge in [-0.05, 0) is 35.7 Å². The fourth-order valence-corrected chi connectivity index (χ4v) is 3.59. The molecule has 1 atom stereocenters. The maximum Gasteiger partial charge on any atom is 0.330 e. The fourth-order valence-electron chi connectivity index (χ4n) is 3.59. The number of carbonyl (C=O) groups is 2. The van der Waals surface area contributed by atoms with Crippen LogP contribution in [0.3, 0.4) is 0 Å². The zero-order valence-electron chi connectivity index (χ0n) is 18.4. The van der Waals surface area contributed by atoms with Gasteiger partial charge in [-0.2, -0.15) is 4.98 Å². The number of nitrogens with zero attached hydrogens (tertiary/aromatic N) is 3. The minimum absolute atomic E-state index is 0.0160. The Morgan fingerprint density at radius 3 is 2.71 bits per heavy atom. The molecule has 1 aromatic heterocycles. The van der Waals surface area contributed by atoms with Gasteiger partial charge in [0, 0.05) is 18.4 Å². The average molecular weight is 466 g/mol. The van der Waals surface area contributed by atoms with Gasteiger partial charge in [0.05, 0.1) is 13.7 Å². The third kappa shape index (κ3) is 4.96. The van der Waals surface area contributed by atoms with Crippen molar-refractivity contribution in [2.75, 3.05) is 25.2 Å². The molecule has 0 spiro atoms. The van der Waals surface area contributed by atoms with Crippen molar-refractivity contribution < 1.29 is 28.6 Å². The molecule has 1 amide bonds. The zero-order valence-corrected chi connectivity index (χ0v) is 18.4. The summed E-state index contributed by atoms with van der Waals surface area (Å²) in [4.78, 5) is 35.4. The lowest BCUT2D eigenvalue weighted by molar-refractivity contribution is -0.143. The van der Waals surface area contributed by atoms with Crippen molar-refractivity contribution in [1.82, 2.24) is 15.3 Å². The number of esters is 1. The van der Waals surface area contributed by atoms with E-state index < -0.39 is 24.5 Å². The van der Waals surface area contributed by atoms with E-state index >= 15 is 0 Å². The lowest BCUT2D eigenvalue weighted by Gasteiger charge is -2.20. The minimum Gasteiger partial charge on any atom is -0.472 e. The van der Waals surface area contributed by atoms with Gasteiger partial charge in [0.1, 0.15) is 18.0 Å². The first-order valence-electron chi connectivity index (χ1n) is 10.6. The van der Waals surface area contributed by atoms with Crippen LogP contribution in [0.5, 0.6) is 5.88 Å². The van der Waals surface area contributed by atoms with E-state index in [1.165, 1.54) is 18.3 Å². The van der Waals surface area contributed by atoms with Crippen LogP contribution in [0.15, 0.2) is 54.7 Å². The minimum atomic E-state index is -1.26. The van der Waals surface area contributed by atoms with Gasteiger partial charge >= 0.3 is 5.97 Å². The predicted molar refractivity (Wildman–Crippen MR) is 120 cm³/mol. The first-order valence-corrected chi connectivity index (χ1v) is 10.6. The Balaban J connectivity index is 1.63. The van der Waals surface area contributed by atoms with Crippen molar-refractivity contribution in [2.24, 2.45) is 0 Å². The number of aromatic nitrogens is 2. The first kappa shape index (κ1) is 23.1. The van der Waals surface area contributed by atoms with E-state index in [-0.39, 0.29) is 23.9 Å². The van der Waals surface area contributed by atoms with Gasteiger partial charge in [0.25, 0.3) is 5.91 Å². The molecule has 0 fully saturated rings. The monoisotopic (exact) mass is 466 g/mol. The number of aliphatic hydroxyl groups is 1. The lowest BCUT2D eigenvalue weighted by Crippen LogP contribution is -2.44. The second kappa shape index (κ2) is 10.3. The third-order valence-electron chi connectivity index (χ3n) is 5.38. The topological polar surface area (TPSA) is 114 Å². The van der Waals surface area contributed by atoms with Gasteiger partial charge in [-0.1, -0.05) is 30.3 Å². The van der Waals surface area contributed by atoms with Crippen LogP contribution < -0.4 is 15.0 Å². The van der Waals surface area contributed by atoms with Crippen molar-refractivity contribution in [1.29, 1.82) is 0 Å². The number of ether oxygens (including phenoxy) is 2. The van der Waals surface area contributed by atoms with Gasteiger partial charge < -0.3 is 24.8 Å². The number of hydrogen-bond acceptors (Lipinski definition) is 8. The molecule has 0 bridgehead atoms. The largest absolute Gasteiger partial charge is 0.472 e. The van der Waals surface area contributed by atoms with Gasteiger partial charge in [-0.25, -0.2) is 14.2 Å². The molecule has 10 heteroatoms. The summed E-state index contributed by atoms with van der Waals surface area (Å²) < 4.78 is 23.7. The van der Waals surface area contributed by atoms with E-state index in [9.17, 15) is 19.1 Å². The highest BCUT2D eigenvalue weighted by molar-refractivity contribution is 5.98. The number of anilines is 2. The molecule has 1 aliphatic rings. The summed E-state index contributed by atoms with van der Waals surface area (Å²) in [5.41, 5.74) is 2.77. The number of benzene rings is 2. The summed E-state index contributed by atoms with van der Waals surface area (Å²) in [5, 5.41) is 11.8. The molecule has 2 N–H and O–H groups in total. The molecule has 0 unspecified atom stereocenters. The smallest absolute Gasteiger partial charge is 0.330 e. The van der Waals surface area contributed by atoms with E-state index in [2.05, 4.69) is 20.0 Å². The molecule has 3 aromatic rings. The number of aliphatic hydroxyl groups excluding tert-OH is 1. The first-order chi connectivity index (χ1) is 16.5. The number of amides is 1. The molecular weight excluding hydrogens is 443 g/mol. The Morgan fingerprint density at radius 1 is 1.21 bits per heavy atom. The van der Waals surface area contributed by atoms with E-state index in [1.807, 2.05) is 29.2 Å². The maximum atomic E-state index is 13.2. The second-order valence-corrected chi connectivity index (χ2v) is 7.57. The maximum absolute atomic E-state index is 13.2. The quantitative estimate of drug-likeness (QED) is 0.486. The summed E-state index contributed by atoms with van der Waals surface area (Å²) in [6.45, 7) is 0.0406. The van der Waals surface area contributed by atoms with Crippen LogP contribution in [-0.2, 0) is 22.6 Å². The second-order valence-electron chi connectivity index (χ2n) is 7.57. The Bertz CT molecular complexity index is 1190. The molecule has 0 saturated heterocycles. The number of nitrogens with one attached hydrogen (secondary N) is 1. The van der Waals surface area contributed by atoms with Crippen LogP contribution in [0.25, 0.3) is 0 Å². The van der Waals surface area contributed by atoms with Crippen molar-refractivity contribution in [3.8, 4) is 5.88 Å². The molecule has 2 heterocycles. The van der Waals surface area contributed by atoms with Crippen LogP contribution >= 0.6 is 0 Å². The standard InChI is InChI=1S/C24H23FN4O5/c1-33-23(32)19(13-30)27-21(31)18-12-26-24(29-11-10-16-4-2-3-5-20(16)29)28-22(18)34-14-15-6-8-17(25)9-7-15/h2-9,12,19,30H,10-11,13-14H2,1H3,(H,27,31)/t19-/m0/s1. The number of rotatable bonds is 8. The molecule has 34 heavy (non-hydrogen) atoms. The van der Waals surface area contributed by atoms with Gasteiger partial charge in [0.2, 0.25) is 11.8 Å². The molecule has 176 valence electrons. The number of para-hydroxylation sites is 1. The van der Waals surface area contributed by atoms with Gasteiger partial charge in [-0.15, -0.1) is 0 Å². The van der Waals surface area contributed by atoms with Crippen LogP contribution in [0.1, 0.15) is 21.5 Å². The Kier molecular flexibility index (Phi) is 6.98. The fraction of sp³-hybridized carbons (Fsp3) is 0.250. The lowest BCUT2D eigenvalue weighted by atomic mass is 10.2. The molecule has 0 saturated carbocycles. The number of hydrogen-bond donors (Lipinski definition) is 2. The molecule has 0 radical (unpaired) electrons. The highest BCUT2D eigenvalue weighted by Gasteiger charge is 2.27. The Morgan fingerprint density at radius 2 is 1.97 bits per heavy atom. The average Bonchev–Trinajstić information content (AvgIpc) is 3.30. The van der Waals surface area contributed by atoms with Gasteiger partial charge in [-0.3, -0.25) is 4.79 Å². The predicted octanol–water partition coefficient (Wildman–Crippen LogP) is 2.15. The number of methoxy groups -OCH3 is 1. The highest BCUT2D eigenvalue weighted by Crippen LogP contribution is 2.33. The van der Waals surface area contributed by atoms with E-state index in [1.54, 1.807) is 12.1 Å². The molecule has 9 nitrogen and oxygen atoms in total. The summed E-state index contributed by atoms with van der Waals surface area (Å²) in [6, 6.07) is 12.4. The SMILES string of the molecule is COC(=O)[C@H](CO)NC(=O)c1cnc(N2CCc3ccccc32)nc1OCc1ccc(F)cc1.